The molecule has 5 heteroatoms. The normalized spacial score (nSPS) is 32.1. The van der Waals surface area contributed by atoms with Crippen LogP contribution < -0.4 is 5.32 Å². The number of hydrogen-bond acceptors (Lipinski definition) is 4. The first kappa shape index (κ1) is 14.4. The van der Waals surface area contributed by atoms with Gasteiger partial charge in [0.25, 0.3) is 0 Å². The summed E-state index contributed by atoms with van der Waals surface area (Å²) in [5, 5.41) is 13.0. The number of nitrogens with one attached hydrogen (secondary N) is 1. The van der Waals surface area contributed by atoms with E-state index < -0.39 is 0 Å². The average Bonchev–Trinajstić information content (AvgIpc) is 3.13. The van der Waals surface area contributed by atoms with Gasteiger partial charge in [0.2, 0.25) is 5.91 Å². The van der Waals surface area contributed by atoms with Gasteiger partial charge < -0.3 is 4.90 Å². The third-order valence-electron chi connectivity index (χ3n) is 4.20. The molecule has 1 aromatic rings. The molecule has 4 atom stereocenters. The third-order valence-corrected chi connectivity index (χ3v) is 5.59. The molecule has 2 fully saturated rings. The Morgan fingerprint density at radius 2 is 2.19 bits per heavy atom. The Labute approximate surface area is 129 Å². The van der Waals surface area contributed by atoms with Gasteiger partial charge in [-0.1, -0.05) is 37.3 Å². The first-order chi connectivity index (χ1) is 10.2. The molecular weight excluding hydrogens is 282 g/mol. The largest absolute Gasteiger partial charge is 0.325 e. The third kappa shape index (κ3) is 2.78. The smallest absolute Gasteiger partial charge is 0.241 e. The van der Waals surface area contributed by atoms with Crippen molar-refractivity contribution in [3.8, 4) is 6.07 Å². The maximum atomic E-state index is 12.7. The summed E-state index contributed by atoms with van der Waals surface area (Å²) in [6.45, 7) is 2.79. The second-order valence-corrected chi connectivity index (χ2v) is 7.08. The maximum absolute atomic E-state index is 12.7. The fourth-order valence-electron chi connectivity index (χ4n) is 3.05. The van der Waals surface area contributed by atoms with E-state index in [9.17, 15) is 4.79 Å². The predicted octanol–water partition coefficient (Wildman–Crippen LogP) is 2.29. The van der Waals surface area contributed by atoms with E-state index in [0.717, 1.165) is 12.8 Å². The van der Waals surface area contributed by atoms with Gasteiger partial charge in [-0.2, -0.15) is 5.26 Å². The molecule has 2 heterocycles. The lowest BCUT2D eigenvalue weighted by Crippen LogP contribution is -2.49. The van der Waals surface area contributed by atoms with E-state index in [2.05, 4.69) is 30.4 Å². The van der Waals surface area contributed by atoms with Crippen LogP contribution in [-0.2, 0) is 4.79 Å². The van der Waals surface area contributed by atoms with Crippen LogP contribution in [0.1, 0.15) is 30.7 Å². The van der Waals surface area contributed by atoms with Crippen LogP contribution >= 0.6 is 11.8 Å². The van der Waals surface area contributed by atoms with E-state index in [1.165, 1.54) is 5.56 Å². The topological polar surface area (TPSA) is 56.1 Å². The van der Waals surface area contributed by atoms with Crippen LogP contribution in [0.15, 0.2) is 30.3 Å². The summed E-state index contributed by atoms with van der Waals surface area (Å²) in [5.41, 5.74) is 1.20. The Balaban J connectivity index is 1.72. The Bertz CT molecular complexity index is 556. The van der Waals surface area contributed by atoms with Crippen molar-refractivity contribution >= 4 is 17.7 Å². The van der Waals surface area contributed by atoms with Gasteiger partial charge in [-0.05, 0) is 18.4 Å². The Morgan fingerprint density at radius 1 is 1.43 bits per heavy atom. The lowest BCUT2D eigenvalue weighted by Gasteiger charge is -2.25. The molecule has 2 saturated heterocycles. The van der Waals surface area contributed by atoms with Crippen LogP contribution in [0.5, 0.6) is 0 Å². The highest BCUT2D eigenvalue weighted by molar-refractivity contribution is 8.00. The van der Waals surface area contributed by atoms with Crippen molar-refractivity contribution in [2.24, 2.45) is 0 Å². The summed E-state index contributed by atoms with van der Waals surface area (Å²) in [7, 11) is 0. The van der Waals surface area contributed by atoms with Crippen molar-refractivity contribution in [1.29, 1.82) is 5.26 Å². The van der Waals surface area contributed by atoms with Crippen LogP contribution in [0.4, 0.5) is 0 Å². The fourth-order valence-corrected chi connectivity index (χ4v) is 4.37. The van der Waals surface area contributed by atoms with Gasteiger partial charge in [0.1, 0.15) is 6.04 Å². The minimum atomic E-state index is -0.243. The standard InChI is InChI=1S/C16H19N3OS/c1-11-14(16(20)19-9-5-8-13(19)10-17)18-15(21-11)12-6-3-2-4-7-12/h2-4,6-7,11,13-15,18H,5,8-9H2,1H3/t11-,13+,14+,15?/m1/s1. The van der Waals surface area contributed by atoms with Gasteiger partial charge in [-0.15, -0.1) is 11.8 Å². The zero-order valence-electron chi connectivity index (χ0n) is 12.0. The van der Waals surface area contributed by atoms with Gasteiger partial charge in [-0.25, -0.2) is 0 Å². The van der Waals surface area contributed by atoms with E-state index >= 15 is 0 Å². The molecule has 0 spiro atoms. The van der Waals surface area contributed by atoms with E-state index in [0.29, 0.717) is 6.54 Å². The quantitative estimate of drug-likeness (QED) is 0.910. The highest BCUT2D eigenvalue weighted by Gasteiger charge is 2.41. The first-order valence-electron chi connectivity index (χ1n) is 7.37. The van der Waals surface area contributed by atoms with Crippen LogP contribution in [-0.4, -0.2) is 34.7 Å². The molecule has 110 valence electrons. The summed E-state index contributed by atoms with van der Waals surface area (Å²) in [4.78, 5) is 14.5. The lowest BCUT2D eigenvalue weighted by molar-refractivity contribution is -0.133. The Morgan fingerprint density at radius 3 is 2.90 bits per heavy atom. The molecule has 4 nitrogen and oxygen atoms in total. The molecule has 1 N–H and O–H groups in total. The molecule has 0 radical (unpaired) electrons. The zero-order valence-corrected chi connectivity index (χ0v) is 12.8. The first-order valence-corrected chi connectivity index (χ1v) is 8.31. The van der Waals surface area contributed by atoms with E-state index in [4.69, 9.17) is 5.26 Å². The summed E-state index contributed by atoms with van der Waals surface area (Å²) >= 11 is 1.78. The van der Waals surface area contributed by atoms with Crippen molar-refractivity contribution in [3.05, 3.63) is 35.9 Å². The van der Waals surface area contributed by atoms with Crippen molar-refractivity contribution < 1.29 is 4.79 Å². The zero-order chi connectivity index (χ0) is 14.8. The van der Waals surface area contributed by atoms with Gasteiger partial charge >= 0.3 is 0 Å². The highest BCUT2D eigenvalue weighted by atomic mass is 32.2. The number of hydrogen-bond donors (Lipinski definition) is 1. The van der Waals surface area contributed by atoms with E-state index in [-0.39, 0.29) is 28.6 Å². The van der Waals surface area contributed by atoms with Crippen LogP contribution in [0.2, 0.25) is 0 Å². The summed E-state index contributed by atoms with van der Waals surface area (Å²) in [6.07, 6.45) is 1.74. The summed E-state index contributed by atoms with van der Waals surface area (Å²) in [6, 6.07) is 12.0. The van der Waals surface area contributed by atoms with Crippen molar-refractivity contribution in [1.82, 2.24) is 10.2 Å². The van der Waals surface area contributed by atoms with Gasteiger partial charge in [0.15, 0.2) is 0 Å². The summed E-state index contributed by atoms with van der Waals surface area (Å²) in [5.74, 6) is 0.0810. The number of likely N-dealkylation sites (tertiary alicyclic amines) is 1. The van der Waals surface area contributed by atoms with Crippen molar-refractivity contribution in [2.45, 2.75) is 42.5 Å². The van der Waals surface area contributed by atoms with E-state index in [1.807, 2.05) is 18.2 Å². The monoisotopic (exact) mass is 301 g/mol. The van der Waals surface area contributed by atoms with Crippen molar-refractivity contribution in [2.75, 3.05) is 6.54 Å². The number of benzene rings is 1. The van der Waals surface area contributed by atoms with Crippen molar-refractivity contribution in [3.63, 3.8) is 0 Å². The fraction of sp³-hybridized carbons (Fsp3) is 0.500. The molecule has 2 aliphatic heterocycles. The van der Waals surface area contributed by atoms with Gasteiger partial charge in [-0.3, -0.25) is 10.1 Å². The lowest BCUT2D eigenvalue weighted by atomic mass is 10.1. The second kappa shape index (κ2) is 6.08. The minimum absolute atomic E-state index is 0.0810. The molecule has 0 saturated carbocycles. The number of nitrogens with zero attached hydrogens (tertiary/aromatic N) is 2. The Kier molecular flexibility index (Phi) is 4.18. The molecule has 2 aliphatic rings. The molecule has 3 rings (SSSR count). The Hall–Kier alpha value is -1.51. The van der Waals surface area contributed by atoms with Crippen LogP contribution in [0.3, 0.4) is 0 Å². The number of nitriles is 1. The highest BCUT2D eigenvalue weighted by Crippen LogP contribution is 2.38. The second-order valence-electron chi connectivity index (χ2n) is 5.60. The minimum Gasteiger partial charge on any atom is -0.325 e. The molecule has 0 bridgehead atoms. The molecule has 1 unspecified atom stereocenters. The molecular formula is C16H19N3OS. The number of carbonyl (C=O) groups is 1. The predicted molar refractivity (Wildman–Crippen MR) is 83.5 cm³/mol. The number of carbonyl (C=O) groups excluding carboxylic acids is 1. The number of amides is 1. The van der Waals surface area contributed by atoms with Crippen LogP contribution in [0.25, 0.3) is 0 Å². The maximum Gasteiger partial charge on any atom is 0.241 e. The number of rotatable bonds is 2. The molecule has 1 amide bonds. The average molecular weight is 301 g/mol. The molecule has 21 heavy (non-hydrogen) atoms. The molecule has 1 aromatic carbocycles. The summed E-state index contributed by atoms with van der Waals surface area (Å²) < 4.78 is 0. The van der Waals surface area contributed by atoms with Gasteiger partial charge in [0.05, 0.1) is 17.5 Å². The molecule has 0 aromatic heterocycles. The number of thioether (sulfide) groups is 1. The SMILES string of the molecule is C[C@H]1SC(c2ccccc2)N[C@@H]1C(=O)N1CCC[C@H]1C#N. The van der Waals surface area contributed by atoms with Gasteiger partial charge in [0, 0.05) is 11.8 Å². The molecule has 0 aliphatic carbocycles. The van der Waals surface area contributed by atoms with Crippen LogP contribution in [0, 0.1) is 11.3 Å². The van der Waals surface area contributed by atoms with E-state index in [1.54, 1.807) is 16.7 Å².